The van der Waals surface area contributed by atoms with Crippen LogP contribution in [0.25, 0.3) is 0 Å². The van der Waals surface area contributed by atoms with Crippen molar-refractivity contribution in [2.75, 3.05) is 19.8 Å². The van der Waals surface area contributed by atoms with Crippen molar-refractivity contribution in [3.8, 4) is 11.5 Å². The van der Waals surface area contributed by atoms with E-state index in [9.17, 15) is 0 Å². The average Bonchev–Trinajstić information content (AvgIpc) is 2.44. The standard InChI is InChI=1S/C17H29NO2/c1-5-9-18-12-15-7-8-16(19-10-6-2)11-17(15)20-13-14(3)4/h7-8,11,14,18H,5-6,9-10,12-13H2,1-4H3. The van der Waals surface area contributed by atoms with Crippen LogP contribution in [-0.2, 0) is 6.54 Å². The molecule has 114 valence electrons. The minimum absolute atomic E-state index is 0.520. The Morgan fingerprint density at radius 2 is 1.90 bits per heavy atom. The molecule has 3 heteroatoms. The van der Waals surface area contributed by atoms with Crippen molar-refractivity contribution in [3.05, 3.63) is 23.8 Å². The van der Waals surface area contributed by atoms with E-state index in [2.05, 4.69) is 39.1 Å². The van der Waals surface area contributed by atoms with Crippen LogP contribution in [0, 0.1) is 5.92 Å². The molecule has 1 rings (SSSR count). The number of nitrogens with one attached hydrogen (secondary N) is 1. The minimum Gasteiger partial charge on any atom is -0.493 e. The van der Waals surface area contributed by atoms with Crippen LogP contribution in [0.15, 0.2) is 18.2 Å². The van der Waals surface area contributed by atoms with E-state index in [1.807, 2.05) is 12.1 Å². The summed E-state index contributed by atoms with van der Waals surface area (Å²) in [5, 5.41) is 3.42. The van der Waals surface area contributed by atoms with E-state index < -0.39 is 0 Å². The van der Waals surface area contributed by atoms with Crippen LogP contribution < -0.4 is 14.8 Å². The molecule has 0 saturated carbocycles. The molecule has 0 spiro atoms. The number of rotatable bonds is 10. The van der Waals surface area contributed by atoms with Gasteiger partial charge in [-0.1, -0.05) is 33.8 Å². The van der Waals surface area contributed by atoms with E-state index in [-0.39, 0.29) is 0 Å². The van der Waals surface area contributed by atoms with E-state index in [1.54, 1.807) is 0 Å². The van der Waals surface area contributed by atoms with Gasteiger partial charge in [-0.25, -0.2) is 0 Å². The van der Waals surface area contributed by atoms with Gasteiger partial charge in [0.15, 0.2) is 0 Å². The SMILES string of the molecule is CCCNCc1ccc(OCCC)cc1OCC(C)C. The van der Waals surface area contributed by atoms with Crippen LogP contribution in [0.5, 0.6) is 11.5 Å². The molecule has 0 heterocycles. The number of benzene rings is 1. The molecular weight excluding hydrogens is 250 g/mol. The highest BCUT2D eigenvalue weighted by Crippen LogP contribution is 2.25. The molecule has 1 N–H and O–H groups in total. The fourth-order valence-electron chi connectivity index (χ4n) is 1.78. The topological polar surface area (TPSA) is 30.5 Å². The highest BCUT2D eigenvalue weighted by atomic mass is 16.5. The normalized spacial score (nSPS) is 10.8. The predicted octanol–water partition coefficient (Wildman–Crippen LogP) is 4.01. The molecule has 0 atom stereocenters. The lowest BCUT2D eigenvalue weighted by molar-refractivity contribution is 0.264. The van der Waals surface area contributed by atoms with Crippen LogP contribution in [0.2, 0.25) is 0 Å². The molecule has 1 aromatic carbocycles. The summed E-state index contributed by atoms with van der Waals surface area (Å²) in [6.07, 6.45) is 2.15. The second kappa shape index (κ2) is 9.65. The van der Waals surface area contributed by atoms with Crippen molar-refractivity contribution in [3.63, 3.8) is 0 Å². The molecule has 0 aliphatic heterocycles. The van der Waals surface area contributed by atoms with Crippen molar-refractivity contribution in [1.82, 2.24) is 5.32 Å². The zero-order chi connectivity index (χ0) is 14.8. The monoisotopic (exact) mass is 279 g/mol. The number of ether oxygens (including phenoxy) is 2. The maximum atomic E-state index is 5.93. The highest BCUT2D eigenvalue weighted by molar-refractivity contribution is 5.40. The molecule has 20 heavy (non-hydrogen) atoms. The van der Waals surface area contributed by atoms with Gasteiger partial charge < -0.3 is 14.8 Å². The molecule has 0 aromatic heterocycles. The van der Waals surface area contributed by atoms with Gasteiger partial charge in [-0.2, -0.15) is 0 Å². The Bertz CT molecular complexity index is 377. The number of hydrogen-bond donors (Lipinski definition) is 1. The fourth-order valence-corrected chi connectivity index (χ4v) is 1.78. The molecular formula is C17H29NO2. The Morgan fingerprint density at radius 3 is 2.55 bits per heavy atom. The smallest absolute Gasteiger partial charge is 0.127 e. The lowest BCUT2D eigenvalue weighted by Crippen LogP contribution is -2.15. The second-order valence-corrected chi connectivity index (χ2v) is 5.50. The quantitative estimate of drug-likeness (QED) is 0.656. The summed E-state index contributed by atoms with van der Waals surface area (Å²) in [6.45, 7) is 11.9. The van der Waals surface area contributed by atoms with Crippen molar-refractivity contribution in [2.45, 2.75) is 47.1 Å². The van der Waals surface area contributed by atoms with Gasteiger partial charge >= 0.3 is 0 Å². The Labute approximate surface area is 123 Å². The van der Waals surface area contributed by atoms with Crippen LogP contribution >= 0.6 is 0 Å². The van der Waals surface area contributed by atoms with Crippen molar-refractivity contribution >= 4 is 0 Å². The second-order valence-electron chi connectivity index (χ2n) is 5.50. The van der Waals surface area contributed by atoms with Crippen LogP contribution in [0.3, 0.4) is 0 Å². The van der Waals surface area contributed by atoms with Crippen molar-refractivity contribution in [1.29, 1.82) is 0 Å². The Kier molecular flexibility index (Phi) is 8.12. The molecule has 0 aliphatic carbocycles. The molecule has 0 fully saturated rings. The molecule has 0 bridgehead atoms. The van der Waals surface area contributed by atoms with Crippen molar-refractivity contribution < 1.29 is 9.47 Å². The number of hydrogen-bond acceptors (Lipinski definition) is 3. The van der Waals surface area contributed by atoms with E-state index in [1.165, 1.54) is 5.56 Å². The summed E-state index contributed by atoms with van der Waals surface area (Å²) in [5.41, 5.74) is 1.20. The molecule has 3 nitrogen and oxygen atoms in total. The largest absolute Gasteiger partial charge is 0.493 e. The van der Waals surface area contributed by atoms with Crippen molar-refractivity contribution in [2.24, 2.45) is 5.92 Å². The Morgan fingerprint density at radius 1 is 1.10 bits per heavy atom. The summed E-state index contributed by atoms with van der Waals surface area (Å²) in [5.74, 6) is 2.35. The third-order valence-electron chi connectivity index (χ3n) is 2.83. The van der Waals surface area contributed by atoms with Gasteiger partial charge in [0.05, 0.1) is 13.2 Å². The summed E-state index contributed by atoms with van der Waals surface area (Å²) < 4.78 is 11.6. The Hall–Kier alpha value is -1.22. The van der Waals surface area contributed by atoms with E-state index in [0.717, 1.165) is 50.6 Å². The van der Waals surface area contributed by atoms with Crippen LogP contribution in [0.4, 0.5) is 0 Å². The zero-order valence-corrected chi connectivity index (χ0v) is 13.4. The highest BCUT2D eigenvalue weighted by Gasteiger charge is 2.07. The van der Waals surface area contributed by atoms with Gasteiger partial charge in [0, 0.05) is 18.2 Å². The lowest BCUT2D eigenvalue weighted by atomic mass is 10.1. The molecule has 0 aliphatic rings. The van der Waals surface area contributed by atoms with Gasteiger partial charge in [-0.15, -0.1) is 0 Å². The molecule has 0 saturated heterocycles. The van der Waals surface area contributed by atoms with Gasteiger partial charge in [-0.05, 0) is 31.4 Å². The lowest BCUT2D eigenvalue weighted by Gasteiger charge is -2.15. The first kappa shape index (κ1) is 16.8. The van der Waals surface area contributed by atoms with Gasteiger partial charge in [0.2, 0.25) is 0 Å². The first-order valence-corrected chi connectivity index (χ1v) is 7.76. The molecule has 0 unspecified atom stereocenters. The van der Waals surface area contributed by atoms with Gasteiger partial charge in [0.1, 0.15) is 11.5 Å². The first-order valence-electron chi connectivity index (χ1n) is 7.76. The average molecular weight is 279 g/mol. The van der Waals surface area contributed by atoms with E-state index in [0.29, 0.717) is 5.92 Å². The first-order chi connectivity index (χ1) is 9.67. The summed E-state index contributed by atoms with van der Waals surface area (Å²) in [7, 11) is 0. The maximum Gasteiger partial charge on any atom is 0.127 e. The Balaban J connectivity index is 2.73. The third kappa shape index (κ3) is 6.29. The maximum absolute atomic E-state index is 5.93. The third-order valence-corrected chi connectivity index (χ3v) is 2.83. The molecule has 1 aromatic rings. The van der Waals surface area contributed by atoms with Crippen LogP contribution in [-0.4, -0.2) is 19.8 Å². The minimum atomic E-state index is 0.520. The summed E-state index contributed by atoms with van der Waals surface area (Å²) in [4.78, 5) is 0. The zero-order valence-electron chi connectivity index (χ0n) is 13.4. The van der Waals surface area contributed by atoms with Gasteiger partial charge in [0.25, 0.3) is 0 Å². The molecule has 0 radical (unpaired) electrons. The molecule has 0 amide bonds. The van der Waals surface area contributed by atoms with Gasteiger partial charge in [-0.3, -0.25) is 0 Å². The van der Waals surface area contributed by atoms with E-state index in [4.69, 9.17) is 9.47 Å². The fraction of sp³-hybridized carbons (Fsp3) is 0.647. The summed E-state index contributed by atoms with van der Waals surface area (Å²) in [6, 6.07) is 6.14. The summed E-state index contributed by atoms with van der Waals surface area (Å²) >= 11 is 0. The van der Waals surface area contributed by atoms with Crippen LogP contribution in [0.1, 0.15) is 46.1 Å². The predicted molar refractivity (Wildman–Crippen MR) is 84.6 cm³/mol. The van der Waals surface area contributed by atoms with E-state index >= 15 is 0 Å².